The molecule has 0 aliphatic heterocycles. The minimum Gasteiger partial charge on any atom is -0.490 e. The fourth-order valence-electron chi connectivity index (χ4n) is 2.19. The molecular formula is C16H23N3O4. The number of aromatic nitrogens is 1. The van der Waals surface area contributed by atoms with E-state index in [9.17, 15) is 9.90 Å². The van der Waals surface area contributed by atoms with Crippen molar-refractivity contribution >= 4 is 22.6 Å². The number of hydrogen-bond acceptors (Lipinski definition) is 6. The Balaban J connectivity index is 2.15. The van der Waals surface area contributed by atoms with E-state index in [4.69, 9.17) is 9.26 Å². The number of aliphatic hydroxyl groups excluding tert-OH is 1. The second-order valence-electron chi connectivity index (χ2n) is 5.79. The standard InChI is InChI=1S/C16H23N3O4/c1-9(2)17-7-12(21)8-22-14-6-5-13(18-11(4)20)16-15(14)10(3)19-23-16/h5-6,9,12,17,21H,7-8H2,1-4H3,(H,18,20). The van der Waals surface area contributed by atoms with Gasteiger partial charge in [-0.15, -0.1) is 0 Å². The zero-order valence-electron chi connectivity index (χ0n) is 13.8. The summed E-state index contributed by atoms with van der Waals surface area (Å²) < 4.78 is 11.0. The quantitative estimate of drug-likeness (QED) is 0.720. The third-order valence-corrected chi connectivity index (χ3v) is 3.26. The van der Waals surface area contributed by atoms with Gasteiger partial charge in [-0.05, 0) is 19.1 Å². The molecule has 1 amide bonds. The number of aliphatic hydroxyl groups is 1. The highest BCUT2D eigenvalue weighted by Gasteiger charge is 2.16. The van der Waals surface area contributed by atoms with Crippen LogP contribution in [-0.2, 0) is 4.79 Å². The van der Waals surface area contributed by atoms with Crippen LogP contribution in [0.3, 0.4) is 0 Å². The number of carbonyl (C=O) groups excluding carboxylic acids is 1. The maximum absolute atomic E-state index is 11.2. The van der Waals surface area contributed by atoms with Crippen LogP contribution in [-0.4, -0.2) is 41.5 Å². The number of carbonyl (C=O) groups is 1. The van der Waals surface area contributed by atoms with Gasteiger partial charge in [-0.25, -0.2) is 0 Å². The normalized spacial score (nSPS) is 12.6. The lowest BCUT2D eigenvalue weighted by Crippen LogP contribution is -2.35. The molecule has 1 aromatic heterocycles. The van der Waals surface area contributed by atoms with Gasteiger partial charge in [-0.3, -0.25) is 4.79 Å². The van der Waals surface area contributed by atoms with Crippen molar-refractivity contribution in [2.45, 2.75) is 39.8 Å². The molecule has 1 heterocycles. The van der Waals surface area contributed by atoms with Crippen LogP contribution in [0.4, 0.5) is 5.69 Å². The van der Waals surface area contributed by atoms with Crippen molar-refractivity contribution in [1.82, 2.24) is 10.5 Å². The van der Waals surface area contributed by atoms with Crippen LogP contribution in [0.5, 0.6) is 5.75 Å². The number of hydrogen-bond donors (Lipinski definition) is 3. The number of fused-ring (bicyclic) bond motifs is 1. The van der Waals surface area contributed by atoms with Gasteiger partial charge in [0.05, 0.1) is 16.8 Å². The summed E-state index contributed by atoms with van der Waals surface area (Å²) in [6.45, 7) is 7.85. The number of anilines is 1. The SMILES string of the molecule is CC(=O)Nc1ccc(OCC(O)CNC(C)C)c2c(C)noc12. The summed E-state index contributed by atoms with van der Waals surface area (Å²) in [5, 5.41) is 20.4. The van der Waals surface area contributed by atoms with Crippen molar-refractivity contribution in [3.63, 3.8) is 0 Å². The first kappa shape index (κ1) is 17.2. The molecule has 0 saturated heterocycles. The van der Waals surface area contributed by atoms with E-state index < -0.39 is 6.10 Å². The van der Waals surface area contributed by atoms with Crippen LogP contribution in [0.15, 0.2) is 16.7 Å². The van der Waals surface area contributed by atoms with E-state index in [2.05, 4.69) is 15.8 Å². The van der Waals surface area contributed by atoms with Crippen LogP contribution in [0.2, 0.25) is 0 Å². The molecule has 3 N–H and O–H groups in total. The number of amides is 1. The first-order valence-corrected chi connectivity index (χ1v) is 7.59. The molecular weight excluding hydrogens is 298 g/mol. The second kappa shape index (κ2) is 7.43. The molecule has 0 bridgehead atoms. The number of ether oxygens (including phenoxy) is 1. The highest BCUT2D eigenvalue weighted by molar-refractivity contribution is 6.01. The van der Waals surface area contributed by atoms with Gasteiger partial charge in [0.2, 0.25) is 5.91 Å². The number of rotatable bonds is 7. The minimum absolute atomic E-state index is 0.152. The smallest absolute Gasteiger partial charge is 0.221 e. The van der Waals surface area contributed by atoms with E-state index in [1.807, 2.05) is 13.8 Å². The topological polar surface area (TPSA) is 96.6 Å². The fourth-order valence-corrected chi connectivity index (χ4v) is 2.19. The van der Waals surface area contributed by atoms with Gasteiger partial charge in [-0.1, -0.05) is 19.0 Å². The summed E-state index contributed by atoms with van der Waals surface area (Å²) in [7, 11) is 0. The number of nitrogens with one attached hydrogen (secondary N) is 2. The molecule has 0 aliphatic rings. The fraction of sp³-hybridized carbons (Fsp3) is 0.500. The number of aryl methyl sites for hydroxylation is 1. The molecule has 2 aromatic rings. The summed E-state index contributed by atoms with van der Waals surface area (Å²) >= 11 is 0. The maximum Gasteiger partial charge on any atom is 0.221 e. The molecule has 1 atom stereocenters. The summed E-state index contributed by atoms with van der Waals surface area (Å²) in [4.78, 5) is 11.2. The molecule has 23 heavy (non-hydrogen) atoms. The minimum atomic E-state index is -0.623. The van der Waals surface area contributed by atoms with E-state index in [1.54, 1.807) is 19.1 Å². The Labute approximate surface area is 135 Å². The van der Waals surface area contributed by atoms with Crippen LogP contribution >= 0.6 is 0 Å². The van der Waals surface area contributed by atoms with Crippen LogP contribution in [0, 0.1) is 6.92 Å². The van der Waals surface area contributed by atoms with Gasteiger partial charge < -0.3 is 25.0 Å². The summed E-state index contributed by atoms with van der Waals surface area (Å²) in [5.41, 5.74) is 1.67. The van der Waals surface area contributed by atoms with Crippen LogP contribution < -0.4 is 15.4 Å². The lowest BCUT2D eigenvalue weighted by molar-refractivity contribution is -0.114. The van der Waals surface area contributed by atoms with E-state index >= 15 is 0 Å². The first-order valence-electron chi connectivity index (χ1n) is 7.59. The highest BCUT2D eigenvalue weighted by atomic mass is 16.5. The Kier molecular flexibility index (Phi) is 5.57. The van der Waals surface area contributed by atoms with E-state index in [0.717, 1.165) is 0 Å². The van der Waals surface area contributed by atoms with Crippen LogP contribution in [0.1, 0.15) is 26.5 Å². The van der Waals surface area contributed by atoms with Crippen molar-refractivity contribution in [3.8, 4) is 5.75 Å². The predicted octanol–water partition coefficient (Wildman–Crippen LogP) is 1.83. The molecule has 7 nitrogen and oxygen atoms in total. The molecule has 1 aromatic carbocycles. The van der Waals surface area contributed by atoms with Gasteiger partial charge in [0.25, 0.3) is 0 Å². The highest BCUT2D eigenvalue weighted by Crippen LogP contribution is 2.34. The molecule has 2 rings (SSSR count). The summed E-state index contributed by atoms with van der Waals surface area (Å²) in [6.07, 6.45) is -0.623. The first-order chi connectivity index (χ1) is 10.9. The Morgan fingerprint density at radius 2 is 2.17 bits per heavy atom. The maximum atomic E-state index is 11.2. The largest absolute Gasteiger partial charge is 0.490 e. The number of nitrogens with zero attached hydrogens (tertiary/aromatic N) is 1. The molecule has 1 unspecified atom stereocenters. The van der Waals surface area contributed by atoms with Crippen LogP contribution in [0.25, 0.3) is 11.0 Å². The van der Waals surface area contributed by atoms with Gasteiger partial charge in [0, 0.05) is 19.5 Å². The van der Waals surface area contributed by atoms with Crippen molar-refractivity contribution in [2.24, 2.45) is 0 Å². The van der Waals surface area contributed by atoms with E-state index in [0.29, 0.717) is 40.7 Å². The molecule has 0 fully saturated rings. The number of benzene rings is 1. The Bertz CT molecular complexity index is 681. The third kappa shape index (κ3) is 4.43. The molecule has 0 spiro atoms. The molecule has 7 heteroatoms. The van der Waals surface area contributed by atoms with Gasteiger partial charge in [0.1, 0.15) is 18.5 Å². The molecule has 0 radical (unpaired) electrons. The lowest BCUT2D eigenvalue weighted by atomic mass is 10.1. The average Bonchev–Trinajstić information content (AvgIpc) is 2.87. The van der Waals surface area contributed by atoms with Gasteiger partial charge >= 0.3 is 0 Å². The average molecular weight is 321 g/mol. The van der Waals surface area contributed by atoms with Gasteiger partial charge in [0.15, 0.2) is 5.58 Å². The van der Waals surface area contributed by atoms with Gasteiger partial charge in [-0.2, -0.15) is 0 Å². The van der Waals surface area contributed by atoms with E-state index in [-0.39, 0.29) is 12.5 Å². The monoisotopic (exact) mass is 321 g/mol. The molecule has 0 aliphatic carbocycles. The lowest BCUT2D eigenvalue weighted by Gasteiger charge is -2.15. The molecule has 0 saturated carbocycles. The third-order valence-electron chi connectivity index (χ3n) is 3.26. The predicted molar refractivity (Wildman–Crippen MR) is 87.7 cm³/mol. The van der Waals surface area contributed by atoms with E-state index in [1.165, 1.54) is 6.92 Å². The van der Waals surface area contributed by atoms with Crippen molar-refractivity contribution < 1.29 is 19.2 Å². The Morgan fingerprint density at radius 3 is 2.83 bits per heavy atom. The molecule has 126 valence electrons. The summed E-state index contributed by atoms with van der Waals surface area (Å²) in [6, 6.07) is 3.73. The Morgan fingerprint density at radius 1 is 1.43 bits per heavy atom. The zero-order chi connectivity index (χ0) is 17.0. The van der Waals surface area contributed by atoms with Crippen molar-refractivity contribution in [3.05, 3.63) is 17.8 Å². The summed E-state index contributed by atoms with van der Waals surface area (Å²) in [5.74, 6) is 0.376. The van der Waals surface area contributed by atoms with Crippen molar-refractivity contribution in [2.75, 3.05) is 18.5 Å². The zero-order valence-corrected chi connectivity index (χ0v) is 13.8. The second-order valence-corrected chi connectivity index (χ2v) is 5.79. The Hall–Kier alpha value is -2.12. The van der Waals surface area contributed by atoms with Crippen molar-refractivity contribution in [1.29, 1.82) is 0 Å².